The first-order valence-electron chi connectivity index (χ1n) is 11.1. The van der Waals surface area contributed by atoms with Gasteiger partial charge in [0.2, 0.25) is 5.95 Å². The second kappa shape index (κ2) is 10.6. The van der Waals surface area contributed by atoms with Crippen LogP contribution in [0, 0.1) is 0 Å². The molecule has 1 aliphatic heterocycles. The Kier molecular flexibility index (Phi) is 7.40. The molecule has 3 aromatic heterocycles. The van der Waals surface area contributed by atoms with Crippen molar-refractivity contribution in [1.82, 2.24) is 34.6 Å². The van der Waals surface area contributed by atoms with E-state index >= 15 is 0 Å². The van der Waals surface area contributed by atoms with E-state index in [4.69, 9.17) is 24.5 Å². The Morgan fingerprint density at radius 3 is 2.66 bits per heavy atom. The molecular weight excluding hydrogens is 410 g/mol. The highest BCUT2D eigenvalue weighted by atomic mass is 16.5. The smallest absolute Gasteiger partial charge is 0.228 e. The van der Waals surface area contributed by atoms with Crippen molar-refractivity contribution in [3.63, 3.8) is 0 Å². The molecule has 4 rings (SSSR count). The predicted octanol–water partition coefficient (Wildman–Crippen LogP) is 1.68. The molecule has 4 heterocycles. The second-order valence-corrected chi connectivity index (χ2v) is 7.51. The van der Waals surface area contributed by atoms with Crippen LogP contribution in [0.1, 0.15) is 19.5 Å². The molecule has 1 saturated heterocycles. The van der Waals surface area contributed by atoms with Crippen molar-refractivity contribution in [2.45, 2.75) is 27.0 Å². The van der Waals surface area contributed by atoms with E-state index in [1.54, 1.807) is 13.3 Å². The largest absolute Gasteiger partial charge is 0.380 e. The van der Waals surface area contributed by atoms with Gasteiger partial charge in [-0.3, -0.25) is 4.68 Å². The number of hydrogen-bond donors (Lipinski definition) is 1. The molecular formula is C21H31N9O2. The molecule has 1 fully saturated rings. The van der Waals surface area contributed by atoms with Crippen molar-refractivity contribution in [3.8, 4) is 0 Å². The van der Waals surface area contributed by atoms with E-state index in [-0.39, 0.29) is 0 Å². The molecule has 0 aromatic carbocycles. The molecule has 32 heavy (non-hydrogen) atoms. The number of hydrogen-bond acceptors (Lipinski definition) is 10. The summed E-state index contributed by atoms with van der Waals surface area (Å²) in [5.74, 6) is 2.01. The second-order valence-electron chi connectivity index (χ2n) is 7.51. The van der Waals surface area contributed by atoms with Crippen LogP contribution in [0.3, 0.4) is 0 Å². The van der Waals surface area contributed by atoms with Gasteiger partial charge < -0.3 is 24.6 Å². The highest BCUT2D eigenvalue weighted by Crippen LogP contribution is 2.29. The zero-order valence-corrected chi connectivity index (χ0v) is 19.0. The summed E-state index contributed by atoms with van der Waals surface area (Å²) in [5.41, 5.74) is 2.37. The summed E-state index contributed by atoms with van der Waals surface area (Å²) in [4.78, 5) is 22.8. The van der Waals surface area contributed by atoms with Gasteiger partial charge in [-0.25, -0.2) is 15.0 Å². The molecule has 0 bridgehead atoms. The Bertz CT molecular complexity index is 1000. The summed E-state index contributed by atoms with van der Waals surface area (Å²) < 4.78 is 12.9. The topological polar surface area (TPSA) is 106 Å². The van der Waals surface area contributed by atoms with Gasteiger partial charge in [-0.15, -0.1) is 0 Å². The van der Waals surface area contributed by atoms with Crippen LogP contribution < -0.4 is 10.2 Å². The zero-order valence-electron chi connectivity index (χ0n) is 19.0. The fourth-order valence-electron chi connectivity index (χ4n) is 3.80. The van der Waals surface area contributed by atoms with Gasteiger partial charge in [-0.1, -0.05) is 6.92 Å². The number of nitrogens with one attached hydrogen (secondary N) is 1. The minimum absolute atomic E-state index is 0.366. The molecule has 0 amide bonds. The van der Waals surface area contributed by atoms with Gasteiger partial charge in [0, 0.05) is 46.1 Å². The Morgan fingerprint density at radius 2 is 1.97 bits per heavy atom. The predicted molar refractivity (Wildman–Crippen MR) is 122 cm³/mol. The number of methoxy groups -OCH3 is 1. The van der Waals surface area contributed by atoms with Gasteiger partial charge in [-0.2, -0.15) is 10.1 Å². The maximum Gasteiger partial charge on any atom is 0.228 e. The number of ether oxygens (including phenoxy) is 2. The lowest BCUT2D eigenvalue weighted by Crippen LogP contribution is -2.46. The van der Waals surface area contributed by atoms with Crippen LogP contribution in [0.15, 0.2) is 18.6 Å². The third kappa shape index (κ3) is 4.95. The molecule has 1 N–H and O–H groups in total. The molecule has 0 spiro atoms. The fraction of sp³-hybridized carbons (Fsp3) is 0.571. The van der Waals surface area contributed by atoms with Crippen molar-refractivity contribution in [3.05, 3.63) is 24.3 Å². The third-order valence-electron chi connectivity index (χ3n) is 5.51. The number of likely N-dealkylation sites (N-methyl/N-ethyl adjacent to an activating group) is 1. The molecule has 0 radical (unpaired) electrons. The molecule has 0 atom stereocenters. The van der Waals surface area contributed by atoms with Gasteiger partial charge in [0.1, 0.15) is 28.9 Å². The quantitative estimate of drug-likeness (QED) is 0.467. The first-order valence-corrected chi connectivity index (χ1v) is 11.1. The molecule has 11 nitrogen and oxygen atoms in total. The van der Waals surface area contributed by atoms with E-state index in [0.717, 1.165) is 49.5 Å². The van der Waals surface area contributed by atoms with Crippen LogP contribution in [0.5, 0.6) is 0 Å². The average Bonchev–Trinajstić information content (AvgIpc) is 3.18. The number of piperazine rings is 1. The summed E-state index contributed by atoms with van der Waals surface area (Å²) in [6, 6.07) is 1.81. The Labute approximate surface area is 187 Å². The first-order chi connectivity index (χ1) is 15.7. The normalized spacial score (nSPS) is 14.9. The van der Waals surface area contributed by atoms with Gasteiger partial charge in [0.05, 0.1) is 19.8 Å². The van der Waals surface area contributed by atoms with Crippen molar-refractivity contribution in [1.29, 1.82) is 0 Å². The number of nitrogens with zero attached hydrogens (tertiary/aromatic N) is 8. The van der Waals surface area contributed by atoms with Crippen LogP contribution in [0.4, 0.5) is 17.6 Å². The highest BCUT2D eigenvalue weighted by Gasteiger charge is 2.23. The highest BCUT2D eigenvalue weighted by molar-refractivity contribution is 5.90. The Morgan fingerprint density at radius 1 is 1.12 bits per heavy atom. The minimum Gasteiger partial charge on any atom is -0.380 e. The lowest BCUT2D eigenvalue weighted by Gasteiger charge is -2.34. The summed E-state index contributed by atoms with van der Waals surface area (Å²) in [5, 5.41) is 8.13. The van der Waals surface area contributed by atoms with Gasteiger partial charge in [0.15, 0.2) is 5.82 Å². The van der Waals surface area contributed by atoms with Crippen LogP contribution in [0.2, 0.25) is 0 Å². The van der Waals surface area contributed by atoms with Crippen LogP contribution >= 0.6 is 0 Å². The van der Waals surface area contributed by atoms with Crippen LogP contribution in [-0.4, -0.2) is 87.7 Å². The van der Waals surface area contributed by atoms with Crippen molar-refractivity contribution in [2.24, 2.45) is 0 Å². The van der Waals surface area contributed by atoms with Crippen molar-refractivity contribution >= 4 is 28.6 Å². The molecule has 0 saturated carbocycles. The van der Waals surface area contributed by atoms with E-state index in [0.29, 0.717) is 43.9 Å². The molecule has 1 aliphatic rings. The minimum atomic E-state index is 0.366. The van der Waals surface area contributed by atoms with E-state index < -0.39 is 0 Å². The van der Waals surface area contributed by atoms with Gasteiger partial charge in [0.25, 0.3) is 0 Å². The molecule has 0 aliphatic carbocycles. The number of anilines is 3. The standard InChI is InChI=1S/C21H31N9O2/c1-4-28-8-10-29(11-9-28)21-25-18-16(14-31-3)27-30(12-13-32-5-2)19(18)20(26-21)24-17-6-7-22-15-23-17/h6-7,15H,4-5,8-14H2,1-3H3,(H,22,23,24,25,26). The van der Waals surface area contributed by atoms with Crippen LogP contribution in [0.25, 0.3) is 11.0 Å². The number of aromatic nitrogens is 6. The molecule has 3 aromatic rings. The van der Waals surface area contributed by atoms with Crippen LogP contribution in [-0.2, 0) is 22.6 Å². The summed E-state index contributed by atoms with van der Waals surface area (Å²) >= 11 is 0. The molecule has 172 valence electrons. The maximum absolute atomic E-state index is 5.57. The summed E-state index contributed by atoms with van der Waals surface area (Å²) in [6.07, 6.45) is 3.20. The maximum atomic E-state index is 5.57. The third-order valence-corrected chi connectivity index (χ3v) is 5.51. The van der Waals surface area contributed by atoms with Crippen molar-refractivity contribution < 1.29 is 9.47 Å². The zero-order chi connectivity index (χ0) is 22.3. The first kappa shape index (κ1) is 22.3. The lowest BCUT2D eigenvalue weighted by atomic mass is 10.3. The molecule has 11 heteroatoms. The number of fused-ring (bicyclic) bond motifs is 1. The molecule has 0 unspecified atom stereocenters. The average molecular weight is 442 g/mol. The van der Waals surface area contributed by atoms with E-state index in [1.807, 2.05) is 17.7 Å². The Hall–Kier alpha value is -2.89. The number of rotatable bonds is 10. The summed E-state index contributed by atoms with van der Waals surface area (Å²) in [6.45, 7) is 11.1. The van der Waals surface area contributed by atoms with E-state index in [2.05, 4.69) is 32.0 Å². The lowest BCUT2D eigenvalue weighted by molar-refractivity contribution is 0.136. The van der Waals surface area contributed by atoms with Gasteiger partial charge >= 0.3 is 0 Å². The fourth-order valence-corrected chi connectivity index (χ4v) is 3.80. The Balaban J connectivity index is 1.77. The monoisotopic (exact) mass is 441 g/mol. The summed E-state index contributed by atoms with van der Waals surface area (Å²) in [7, 11) is 1.66. The SMILES string of the molecule is CCOCCn1nc(COC)c2nc(N3CCN(CC)CC3)nc(Nc3ccncn3)c21. The van der Waals surface area contributed by atoms with E-state index in [9.17, 15) is 0 Å². The van der Waals surface area contributed by atoms with Gasteiger partial charge in [-0.05, 0) is 19.5 Å². The van der Waals surface area contributed by atoms with Crippen molar-refractivity contribution in [2.75, 3.05) is 63.3 Å². The van der Waals surface area contributed by atoms with E-state index in [1.165, 1.54) is 6.33 Å².